The lowest BCUT2D eigenvalue weighted by Crippen LogP contribution is -2.45. The van der Waals surface area contributed by atoms with E-state index in [0.717, 1.165) is 36.8 Å². The van der Waals surface area contributed by atoms with Crippen molar-refractivity contribution in [2.24, 2.45) is 0 Å². The third-order valence-corrected chi connectivity index (χ3v) is 9.13. The van der Waals surface area contributed by atoms with E-state index in [2.05, 4.69) is 5.32 Å². The first-order valence-corrected chi connectivity index (χ1v) is 13.5. The molecule has 186 valence electrons. The summed E-state index contributed by atoms with van der Waals surface area (Å²) in [6.07, 6.45) is 5.85. The number of methoxy groups -OCH3 is 1. The number of urea groups is 1. The van der Waals surface area contributed by atoms with E-state index in [0.29, 0.717) is 35.1 Å². The Labute approximate surface area is 205 Å². The van der Waals surface area contributed by atoms with Gasteiger partial charge in [-0.3, -0.25) is 4.79 Å². The molecule has 1 saturated heterocycles. The second kappa shape index (κ2) is 8.86. The van der Waals surface area contributed by atoms with Crippen LogP contribution in [0.4, 0.5) is 4.79 Å². The van der Waals surface area contributed by atoms with Gasteiger partial charge in [-0.05, 0) is 87.6 Å². The van der Waals surface area contributed by atoms with E-state index in [9.17, 15) is 18.0 Å². The molecule has 0 radical (unpaired) electrons. The number of nitrogens with one attached hydrogen (secondary N) is 1. The smallest absolute Gasteiger partial charge is 0.339 e. The van der Waals surface area contributed by atoms with Gasteiger partial charge in [-0.1, -0.05) is 23.8 Å². The molecule has 9 heteroatoms. The summed E-state index contributed by atoms with van der Waals surface area (Å²) in [7, 11) is -2.69. The van der Waals surface area contributed by atoms with Crippen LogP contribution in [0.25, 0.3) is 0 Å². The van der Waals surface area contributed by atoms with Gasteiger partial charge in [-0.15, -0.1) is 4.31 Å². The molecule has 2 aromatic rings. The van der Waals surface area contributed by atoms with Crippen LogP contribution >= 0.6 is 0 Å². The molecule has 2 saturated carbocycles. The van der Waals surface area contributed by atoms with Crippen LogP contribution < -0.4 is 14.8 Å². The summed E-state index contributed by atoms with van der Waals surface area (Å²) in [5.74, 6) is 0.608. The van der Waals surface area contributed by atoms with Gasteiger partial charge in [-0.2, -0.15) is 0 Å². The number of imide groups is 1. The molecule has 8 nitrogen and oxygen atoms in total. The number of hydrogen-bond acceptors (Lipinski definition) is 6. The summed E-state index contributed by atoms with van der Waals surface area (Å²) in [6, 6.07) is 11.0. The van der Waals surface area contributed by atoms with Gasteiger partial charge in [0.15, 0.2) is 11.5 Å². The number of sulfonamides is 1. The van der Waals surface area contributed by atoms with Crippen molar-refractivity contribution in [3.8, 4) is 11.5 Å². The maximum Gasteiger partial charge on any atom is 0.339 e. The van der Waals surface area contributed by atoms with Gasteiger partial charge >= 0.3 is 6.03 Å². The summed E-state index contributed by atoms with van der Waals surface area (Å²) in [5.41, 5.74) is 0.635. The molecule has 0 bridgehead atoms. The highest BCUT2D eigenvalue weighted by atomic mass is 32.2. The van der Waals surface area contributed by atoms with Gasteiger partial charge in [0.25, 0.3) is 15.9 Å². The van der Waals surface area contributed by atoms with Gasteiger partial charge < -0.3 is 14.8 Å². The first kappa shape index (κ1) is 23.7. The zero-order valence-electron chi connectivity index (χ0n) is 20.0. The SMILES string of the molecule is COc1ccc([C@@H]2CC[C@]3(C2)NC(=O)N(S(=O)(=O)c2ccc(C)cc2)C3=O)cc1OC1CCCC1. The Bertz CT molecular complexity index is 1250. The van der Waals surface area contributed by atoms with Crippen LogP contribution in [0.2, 0.25) is 0 Å². The van der Waals surface area contributed by atoms with Crippen LogP contribution in [0.5, 0.6) is 11.5 Å². The first-order chi connectivity index (χ1) is 16.7. The summed E-state index contributed by atoms with van der Waals surface area (Å²) in [4.78, 5) is 26.1. The number of carbonyl (C=O) groups is 2. The van der Waals surface area contributed by atoms with E-state index in [-0.39, 0.29) is 16.9 Å². The predicted octanol–water partition coefficient (Wildman–Crippen LogP) is 4.27. The molecule has 2 atom stereocenters. The van der Waals surface area contributed by atoms with Crippen LogP contribution in [0, 0.1) is 6.92 Å². The molecule has 2 aromatic carbocycles. The van der Waals surface area contributed by atoms with Gasteiger partial charge in [0.2, 0.25) is 0 Å². The maximum absolute atomic E-state index is 13.4. The normalized spacial score (nSPS) is 24.9. The second-order valence-corrected chi connectivity index (χ2v) is 11.6. The average Bonchev–Trinajstić information content (AvgIpc) is 3.55. The number of benzene rings is 2. The fourth-order valence-electron chi connectivity index (χ4n) is 5.49. The number of carbonyl (C=O) groups excluding carboxylic acids is 2. The zero-order valence-corrected chi connectivity index (χ0v) is 20.8. The number of hydrogen-bond donors (Lipinski definition) is 1. The summed E-state index contributed by atoms with van der Waals surface area (Å²) in [6.45, 7) is 1.83. The summed E-state index contributed by atoms with van der Waals surface area (Å²) < 4.78 is 38.4. The van der Waals surface area contributed by atoms with Crippen molar-refractivity contribution >= 4 is 22.0 Å². The van der Waals surface area contributed by atoms with Crippen molar-refractivity contribution in [1.29, 1.82) is 0 Å². The molecule has 3 amide bonds. The highest BCUT2D eigenvalue weighted by Gasteiger charge is 2.58. The number of rotatable bonds is 6. The molecule has 2 aliphatic carbocycles. The molecule has 1 N–H and O–H groups in total. The van der Waals surface area contributed by atoms with Crippen molar-refractivity contribution in [3.63, 3.8) is 0 Å². The molecule has 0 aromatic heterocycles. The maximum atomic E-state index is 13.4. The number of amides is 3. The molecule has 1 spiro atoms. The van der Waals surface area contributed by atoms with Crippen LogP contribution in [0.1, 0.15) is 62.0 Å². The lowest BCUT2D eigenvalue weighted by Gasteiger charge is -2.22. The molecule has 35 heavy (non-hydrogen) atoms. The molecule has 1 heterocycles. The van der Waals surface area contributed by atoms with Crippen molar-refractivity contribution in [1.82, 2.24) is 9.62 Å². The molecule has 1 aliphatic heterocycles. The molecule has 3 aliphatic rings. The lowest BCUT2D eigenvalue weighted by atomic mass is 9.92. The van der Waals surface area contributed by atoms with Crippen LogP contribution in [-0.4, -0.2) is 43.4 Å². The van der Waals surface area contributed by atoms with Crippen molar-refractivity contribution in [3.05, 3.63) is 53.6 Å². The highest BCUT2D eigenvalue weighted by Crippen LogP contribution is 2.46. The topological polar surface area (TPSA) is 102 Å². The number of nitrogens with zero attached hydrogens (tertiary/aromatic N) is 1. The van der Waals surface area contributed by atoms with Crippen molar-refractivity contribution < 1.29 is 27.5 Å². The Morgan fingerprint density at radius 1 is 1.00 bits per heavy atom. The average molecular weight is 499 g/mol. The quantitative estimate of drug-likeness (QED) is 0.597. The Morgan fingerprint density at radius 3 is 2.40 bits per heavy atom. The minimum atomic E-state index is -4.29. The minimum absolute atomic E-state index is 0.0295. The summed E-state index contributed by atoms with van der Waals surface area (Å²) in [5, 5.41) is 2.71. The Balaban J connectivity index is 1.38. The molecule has 3 fully saturated rings. The zero-order chi connectivity index (χ0) is 24.8. The first-order valence-electron chi connectivity index (χ1n) is 12.1. The van der Waals surface area contributed by atoms with Crippen molar-refractivity contribution in [2.75, 3.05) is 7.11 Å². The van der Waals surface area contributed by atoms with E-state index in [1.807, 2.05) is 25.1 Å². The summed E-state index contributed by atoms with van der Waals surface area (Å²) >= 11 is 0. The standard InChI is InChI=1S/C26H30N2O6S/c1-17-7-10-21(11-8-17)35(31,32)28-24(29)26(27-25(28)30)14-13-19(16-26)18-9-12-22(33-2)23(15-18)34-20-5-3-4-6-20/h7-12,15,19-20H,3-6,13-14,16H2,1-2H3,(H,27,30)/t19-,26-/m1/s1. The largest absolute Gasteiger partial charge is 0.493 e. The van der Waals surface area contributed by atoms with Gasteiger partial charge in [0.1, 0.15) is 5.54 Å². The van der Waals surface area contributed by atoms with E-state index >= 15 is 0 Å². The predicted molar refractivity (Wildman–Crippen MR) is 129 cm³/mol. The monoisotopic (exact) mass is 498 g/mol. The highest BCUT2D eigenvalue weighted by molar-refractivity contribution is 7.90. The minimum Gasteiger partial charge on any atom is -0.493 e. The third-order valence-electron chi connectivity index (χ3n) is 7.45. The Hall–Kier alpha value is -3.07. The number of ether oxygens (including phenoxy) is 2. The van der Waals surface area contributed by atoms with Crippen LogP contribution in [-0.2, 0) is 14.8 Å². The second-order valence-electron chi connectivity index (χ2n) is 9.77. The van der Waals surface area contributed by atoms with Gasteiger partial charge in [-0.25, -0.2) is 13.2 Å². The Kier molecular flexibility index (Phi) is 5.99. The van der Waals surface area contributed by atoms with Crippen LogP contribution in [0.3, 0.4) is 0 Å². The van der Waals surface area contributed by atoms with Crippen LogP contribution in [0.15, 0.2) is 47.4 Å². The molecular weight excluding hydrogens is 468 g/mol. The van der Waals surface area contributed by atoms with E-state index in [4.69, 9.17) is 9.47 Å². The fourth-order valence-corrected chi connectivity index (χ4v) is 6.84. The molecule has 0 unspecified atom stereocenters. The van der Waals surface area contributed by atoms with Crippen molar-refractivity contribution in [2.45, 2.75) is 74.3 Å². The third kappa shape index (κ3) is 4.16. The molecular formula is C26H30N2O6S. The lowest BCUT2D eigenvalue weighted by molar-refractivity contribution is -0.127. The van der Waals surface area contributed by atoms with E-state index in [1.165, 1.54) is 12.1 Å². The van der Waals surface area contributed by atoms with Gasteiger partial charge in [0.05, 0.1) is 18.1 Å². The van der Waals surface area contributed by atoms with Gasteiger partial charge in [0, 0.05) is 0 Å². The Morgan fingerprint density at radius 2 is 1.71 bits per heavy atom. The van der Waals surface area contributed by atoms with E-state index in [1.54, 1.807) is 19.2 Å². The molecule has 5 rings (SSSR count). The fraction of sp³-hybridized carbons (Fsp3) is 0.462. The van der Waals surface area contributed by atoms with E-state index < -0.39 is 27.5 Å². The number of aryl methyl sites for hydroxylation is 1.